The number of nitrogens with one attached hydrogen (secondary N) is 1. The van der Waals surface area contributed by atoms with Crippen LogP contribution in [0, 0.1) is 0 Å². The molecule has 20 heavy (non-hydrogen) atoms. The Labute approximate surface area is 125 Å². The number of hydrogen-bond donors (Lipinski definition) is 2. The van der Waals surface area contributed by atoms with E-state index in [4.69, 9.17) is 22.7 Å². The lowest BCUT2D eigenvalue weighted by Crippen LogP contribution is -2.39. The van der Waals surface area contributed by atoms with Gasteiger partial charge in [0.25, 0.3) is 0 Å². The molecule has 0 fully saturated rings. The van der Waals surface area contributed by atoms with Crippen LogP contribution in [0.3, 0.4) is 0 Å². The second-order valence-corrected chi connectivity index (χ2v) is 7.37. The number of thiocarbonyl (C=S) groups is 1. The van der Waals surface area contributed by atoms with Gasteiger partial charge in [-0.25, -0.2) is 13.1 Å². The number of rotatable bonds is 7. The first kappa shape index (κ1) is 17.0. The zero-order valence-corrected chi connectivity index (χ0v) is 13.5. The van der Waals surface area contributed by atoms with Gasteiger partial charge in [0, 0.05) is 20.1 Å². The van der Waals surface area contributed by atoms with E-state index in [1.807, 2.05) is 0 Å². The van der Waals surface area contributed by atoms with Crippen molar-refractivity contribution in [1.29, 1.82) is 0 Å². The van der Waals surface area contributed by atoms with Crippen molar-refractivity contribution in [3.05, 3.63) is 29.8 Å². The van der Waals surface area contributed by atoms with Crippen LogP contribution < -0.4 is 10.5 Å². The van der Waals surface area contributed by atoms with Crippen molar-refractivity contribution in [1.82, 2.24) is 4.72 Å². The van der Waals surface area contributed by atoms with Crippen LogP contribution in [0.4, 0.5) is 0 Å². The maximum Gasteiger partial charge on any atom is 0.240 e. The minimum absolute atomic E-state index is 0.195. The first-order valence-corrected chi connectivity index (χ1v) is 7.97. The molecule has 0 radical (unpaired) electrons. The first-order chi connectivity index (χ1) is 9.16. The first-order valence-electron chi connectivity index (χ1n) is 6.08. The Morgan fingerprint density at radius 1 is 1.35 bits per heavy atom. The minimum atomic E-state index is -3.54. The summed E-state index contributed by atoms with van der Waals surface area (Å²) in [6, 6.07) is 6.48. The van der Waals surface area contributed by atoms with E-state index in [1.54, 1.807) is 33.1 Å². The molecule has 3 N–H and O–H groups in total. The van der Waals surface area contributed by atoms with Crippen molar-refractivity contribution < 1.29 is 13.2 Å². The van der Waals surface area contributed by atoms with E-state index in [2.05, 4.69) is 4.72 Å². The molecule has 0 saturated heterocycles. The van der Waals surface area contributed by atoms with E-state index in [0.717, 1.165) is 5.56 Å². The van der Waals surface area contributed by atoms with Gasteiger partial charge in [0.2, 0.25) is 10.0 Å². The van der Waals surface area contributed by atoms with Crippen LogP contribution in [0.25, 0.3) is 0 Å². The molecule has 1 aromatic carbocycles. The highest BCUT2D eigenvalue weighted by molar-refractivity contribution is 7.89. The van der Waals surface area contributed by atoms with E-state index < -0.39 is 15.6 Å². The average Bonchev–Trinajstić information content (AvgIpc) is 2.37. The molecule has 0 atom stereocenters. The third kappa shape index (κ3) is 5.16. The van der Waals surface area contributed by atoms with Gasteiger partial charge in [0.1, 0.15) is 0 Å². The van der Waals surface area contributed by atoms with E-state index >= 15 is 0 Å². The third-order valence-electron chi connectivity index (χ3n) is 2.85. The van der Waals surface area contributed by atoms with Crippen molar-refractivity contribution in [2.75, 3.05) is 13.7 Å². The Bertz CT molecular complexity index is 566. The molecule has 1 rings (SSSR count). The number of ether oxygens (including phenoxy) is 1. The van der Waals surface area contributed by atoms with Crippen LogP contribution in [0.1, 0.15) is 19.4 Å². The van der Waals surface area contributed by atoms with Gasteiger partial charge in [-0.05, 0) is 31.5 Å². The summed E-state index contributed by atoms with van der Waals surface area (Å²) >= 11 is 4.81. The predicted octanol–water partition coefficient (Wildman–Crippen LogP) is 1.22. The second-order valence-electron chi connectivity index (χ2n) is 5.08. The molecule has 0 aliphatic carbocycles. The molecule has 7 heteroatoms. The molecule has 0 spiro atoms. The van der Waals surface area contributed by atoms with Crippen LogP contribution in [0.15, 0.2) is 29.2 Å². The highest BCUT2D eigenvalue weighted by Gasteiger charge is 2.21. The summed E-state index contributed by atoms with van der Waals surface area (Å²) in [7, 11) is -2.00. The van der Waals surface area contributed by atoms with Crippen molar-refractivity contribution in [2.45, 2.75) is 30.8 Å². The molecule has 0 amide bonds. The van der Waals surface area contributed by atoms with Gasteiger partial charge in [-0.2, -0.15) is 0 Å². The van der Waals surface area contributed by atoms with Crippen LogP contribution in [-0.2, 0) is 21.2 Å². The van der Waals surface area contributed by atoms with Gasteiger partial charge < -0.3 is 10.5 Å². The van der Waals surface area contributed by atoms with Crippen LogP contribution in [0.2, 0.25) is 0 Å². The molecule has 0 aromatic heterocycles. The molecule has 0 aliphatic heterocycles. The quantitative estimate of drug-likeness (QED) is 0.739. The number of hydrogen-bond acceptors (Lipinski definition) is 4. The largest absolute Gasteiger partial charge is 0.393 e. The fourth-order valence-corrected chi connectivity index (χ4v) is 2.78. The molecule has 1 aromatic rings. The number of benzene rings is 1. The van der Waals surface area contributed by atoms with Gasteiger partial charge in [0.15, 0.2) is 0 Å². The van der Waals surface area contributed by atoms with Crippen molar-refractivity contribution in [3.8, 4) is 0 Å². The number of sulfonamides is 1. The lowest BCUT2D eigenvalue weighted by Gasteiger charge is -2.23. The second kappa shape index (κ2) is 6.62. The van der Waals surface area contributed by atoms with Crippen LogP contribution >= 0.6 is 12.2 Å². The van der Waals surface area contributed by atoms with Crippen LogP contribution in [0.5, 0.6) is 0 Å². The zero-order valence-electron chi connectivity index (χ0n) is 11.8. The molecular weight excluding hydrogens is 296 g/mol. The summed E-state index contributed by atoms with van der Waals surface area (Å²) in [4.78, 5) is 0.580. The Hall–Kier alpha value is -1.02. The zero-order chi connectivity index (χ0) is 15.4. The lowest BCUT2D eigenvalue weighted by molar-refractivity contribution is 0.0276. The fourth-order valence-electron chi connectivity index (χ4n) is 1.41. The molecule has 0 saturated carbocycles. The molecule has 0 aliphatic rings. The van der Waals surface area contributed by atoms with Crippen LogP contribution in [-0.4, -0.2) is 32.7 Å². The highest BCUT2D eigenvalue weighted by Crippen LogP contribution is 2.13. The Kier molecular flexibility index (Phi) is 5.64. The smallest absolute Gasteiger partial charge is 0.240 e. The van der Waals surface area contributed by atoms with Crippen molar-refractivity contribution >= 4 is 27.2 Å². The molecule has 0 unspecified atom stereocenters. The van der Waals surface area contributed by atoms with Crippen molar-refractivity contribution in [3.63, 3.8) is 0 Å². The molecule has 112 valence electrons. The maximum absolute atomic E-state index is 12.1. The predicted molar refractivity (Wildman–Crippen MR) is 83.2 cm³/mol. The molecule has 0 bridgehead atoms. The number of methoxy groups -OCH3 is 1. The van der Waals surface area contributed by atoms with Gasteiger partial charge in [-0.3, -0.25) is 0 Å². The lowest BCUT2D eigenvalue weighted by atomic mass is 10.1. The summed E-state index contributed by atoms with van der Waals surface area (Å²) < 4.78 is 31.9. The fraction of sp³-hybridized carbons (Fsp3) is 0.462. The highest BCUT2D eigenvalue weighted by atomic mass is 32.2. The summed E-state index contributed by atoms with van der Waals surface area (Å²) in [5, 5.41) is 0. The Morgan fingerprint density at radius 3 is 2.35 bits per heavy atom. The third-order valence-corrected chi connectivity index (χ3v) is 4.41. The van der Waals surface area contributed by atoms with Gasteiger partial charge in [-0.15, -0.1) is 0 Å². The summed E-state index contributed by atoms with van der Waals surface area (Å²) in [5.41, 5.74) is 5.77. The summed E-state index contributed by atoms with van der Waals surface area (Å²) in [6.07, 6.45) is 0.458. The topological polar surface area (TPSA) is 81.4 Å². The van der Waals surface area contributed by atoms with Gasteiger partial charge >= 0.3 is 0 Å². The normalized spacial score (nSPS) is 12.3. The molecular formula is C13H20N2O3S2. The van der Waals surface area contributed by atoms with E-state index in [9.17, 15) is 8.42 Å². The maximum atomic E-state index is 12.1. The molecule has 0 heterocycles. The average molecular weight is 316 g/mol. The molecule has 5 nitrogen and oxygen atoms in total. The van der Waals surface area contributed by atoms with Gasteiger partial charge in [0.05, 0.1) is 15.5 Å². The summed E-state index contributed by atoms with van der Waals surface area (Å²) in [5.74, 6) is 0. The van der Waals surface area contributed by atoms with E-state index in [-0.39, 0.29) is 11.4 Å². The SMILES string of the molecule is COC(C)(C)CNS(=O)(=O)c1ccc(CC(N)=S)cc1. The summed E-state index contributed by atoms with van der Waals surface area (Å²) in [6.45, 7) is 3.81. The van der Waals surface area contributed by atoms with Crippen molar-refractivity contribution in [2.24, 2.45) is 5.73 Å². The monoisotopic (exact) mass is 316 g/mol. The van der Waals surface area contributed by atoms with Gasteiger partial charge in [-0.1, -0.05) is 24.4 Å². The number of nitrogens with two attached hydrogens (primary N) is 1. The van der Waals surface area contributed by atoms with E-state index in [1.165, 1.54) is 12.1 Å². The Balaban J connectivity index is 2.80. The minimum Gasteiger partial charge on any atom is -0.393 e. The Morgan fingerprint density at radius 2 is 1.90 bits per heavy atom. The standard InChI is InChI=1S/C13H20N2O3S2/c1-13(2,18-3)9-15-20(16,17)11-6-4-10(5-7-11)8-12(14)19/h4-7,15H,8-9H2,1-3H3,(H2,14,19). The van der Waals surface area contributed by atoms with E-state index in [0.29, 0.717) is 11.4 Å².